The van der Waals surface area contributed by atoms with Gasteiger partial charge in [0.1, 0.15) is 31.0 Å². The molecular weight excluding hydrogens is 605 g/mol. The first-order valence-electron chi connectivity index (χ1n) is 16.6. The molecule has 2 N–H and O–H groups in total. The minimum absolute atomic E-state index is 0.00860. The predicted molar refractivity (Wildman–Crippen MR) is 181 cm³/mol. The van der Waals surface area contributed by atoms with E-state index < -0.39 is 5.79 Å². The Hall–Kier alpha value is -2.85. The smallest absolute Gasteiger partial charge is 0.230 e. The summed E-state index contributed by atoms with van der Waals surface area (Å²) >= 11 is 1.81. The van der Waals surface area contributed by atoms with Crippen molar-refractivity contribution >= 4 is 17.5 Å². The van der Waals surface area contributed by atoms with Crippen molar-refractivity contribution in [1.29, 1.82) is 0 Å². The minimum atomic E-state index is -0.966. The number of nitrogens with zero attached hydrogens (tertiary/aromatic N) is 1. The second-order valence-corrected chi connectivity index (χ2v) is 13.7. The summed E-state index contributed by atoms with van der Waals surface area (Å²) in [6.07, 6.45) is 9.88. The van der Waals surface area contributed by atoms with Crippen molar-refractivity contribution in [2.24, 2.45) is 22.9 Å². The number of unbranched alkanes of at least 4 members (excludes halogenated alkanes) is 2. The summed E-state index contributed by atoms with van der Waals surface area (Å²) in [6.45, 7) is 6.87. The highest BCUT2D eigenvalue weighted by atomic mass is 32.2. The van der Waals surface area contributed by atoms with Gasteiger partial charge in [-0.1, -0.05) is 55.3 Å². The Bertz CT molecular complexity index is 1380. The second kappa shape index (κ2) is 16.3. The molecule has 0 radical (unpaired) electrons. The molecule has 5 rings (SSSR count). The molecule has 0 aromatic heterocycles. The van der Waals surface area contributed by atoms with E-state index in [1.54, 1.807) is 25.3 Å². The van der Waals surface area contributed by atoms with Gasteiger partial charge in [0, 0.05) is 36.7 Å². The van der Waals surface area contributed by atoms with Crippen molar-refractivity contribution in [1.82, 2.24) is 0 Å². The molecule has 1 heterocycles. The zero-order valence-corrected chi connectivity index (χ0v) is 27.9. The van der Waals surface area contributed by atoms with Crippen LogP contribution < -0.4 is 9.47 Å². The Morgan fingerprint density at radius 3 is 2.61 bits per heavy atom. The second-order valence-electron chi connectivity index (χ2n) is 12.3. The van der Waals surface area contributed by atoms with E-state index in [0.717, 1.165) is 66.9 Å². The van der Waals surface area contributed by atoms with Gasteiger partial charge in [-0.15, -0.1) is 6.58 Å². The van der Waals surface area contributed by atoms with Crippen LogP contribution in [0.2, 0.25) is 0 Å². The molecule has 250 valence electrons. The zero-order chi connectivity index (χ0) is 32.5. The third-order valence-corrected chi connectivity index (χ3v) is 10.8. The van der Waals surface area contributed by atoms with Crippen LogP contribution >= 0.6 is 11.8 Å². The van der Waals surface area contributed by atoms with Crippen LogP contribution in [0, 0.1) is 23.6 Å². The molecule has 6 atom stereocenters. The molecule has 2 aromatic carbocycles. The number of aliphatic hydroxyl groups excluding tert-OH is 2. The van der Waals surface area contributed by atoms with Gasteiger partial charge >= 0.3 is 0 Å². The number of aliphatic hydroxyl groups is 2. The minimum Gasteiger partial charge on any atom is -0.489 e. The Morgan fingerprint density at radius 1 is 1.11 bits per heavy atom. The van der Waals surface area contributed by atoms with Gasteiger partial charge < -0.3 is 29.3 Å². The largest absolute Gasteiger partial charge is 0.489 e. The van der Waals surface area contributed by atoms with Gasteiger partial charge in [-0.25, -0.2) is 4.39 Å². The number of rotatable bonds is 17. The normalized spacial score (nSPS) is 27.3. The third kappa shape index (κ3) is 7.18. The van der Waals surface area contributed by atoms with E-state index in [4.69, 9.17) is 19.0 Å². The van der Waals surface area contributed by atoms with Crippen molar-refractivity contribution in [3.05, 3.63) is 83.7 Å². The molecule has 1 fully saturated rings. The van der Waals surface area contributed by atoms with Crippen molar-refractivity contribution in [2.75, 3.05) is 32.7 Å². The van der Waals surface area contributed by atoms with Crippen LogP contribution in [0.1, 0.15) is 68.9 Å². The maximum Gasteiger partial charge on any atom is 0.230 e. The van der Waals surface area contributed by atoms with E-state index in [0.29, 0.717) is 24.3 Å². The van der Waals surface area contributed by atoms with Crippen LogP contribution in [0.25, 0.3) is 0 Å². The molecule has 0 saturated heterocycles. The average Bonchev–Trinajstić information content (AvgIpc) is 3.06. The number of oxime groups is 1. The standard InChI is InChI=1S/C37H48FNO6S/c1-4-20-44-37-34(46-5-2)23-32(39-42-3)29-21-25(12-8-10-18-40)28(14-9-11-19-41)35(36(29)37)30-22-27(16-17-33(30)45-37)43-24-26-13-6-7-15-31(26)38/h4,6-7,13,15-17,21-22,25,28,34-36,40-41H,1,5,8-12,14,18-20,23-24H2,2-3H3/t25-,28+,34-,35+,36+,37+/m0/s1. The molecule has 9 heteroatoms. The van der Waals surface area contributed by atoms with Crippen LogP contribution in [-0.4, -0.2) is 59.6 Å². The van der Waals surface area contributed by atoms with Crippen LogP contribution in [0.4, 0.5) is 4.39 Å². The van der Waals surface area contributed by atoms with E-state index in [1.807, 2.05) is 30.0 Å². The molecule has 0 amide bonds. The van der Waals surface area contributed by atoms with E-state index in [9.17, 15) is 14.6 Å². The monoisotopic (exact) mass is 653 g/mol. The van der Waals surface area contributed by atoms with Gasteiger partial charge in [0.15, 0.2) is 0 Å². The number of ether oxygens (including phenoxy) is 3. The van der Waals surface area contributed by atoms with E-state index in [-0.39, 0.29) is 54.6 Å². The van der Waals surface area contributed by atoms with Crippen molar-refractivity contribution in [3.8, 4) is 11.5 Å². The number of fused-ring (bicyclic) bond motifs is 2. The molecule has 0 bridgehead atoms. The zero-order valence-electron chi connectivity index (χ0n) is 27.0. The SMILES string of the molecule is C=CCO[C@@]12Oc3ccc(OCc4ccccc4F)cc3[C@H]3[C@H](CCCCO)[C@@H](CCCCO)C=C(C(=NOC)C[C@@H]1SCC)[C@H]32. The van der Waals surface area contributed by atoms with Crippen LogP contribution in [-0.2, 0) is 16.2 Å². The topological polar surface area (TPSA) is 89.7 Å². The summed E-state index contributed by atoms with van der Waals surface area (Å²) in [4.78, 5) is 5.43. The molecule has 2 aliphatic carbocycles. The maximum absolute atomic E-state index is 14.4. The number of thioether (sulfide) groups is 1. The Labute approximate surface area is 276 Å². The molecule has 7 nitrogen and oxygen atoms in total. The highest BCUT2D eigenvalue weighted by Crippen LogP contribution is 2.62. The summed E-state index contributed by atoms with van der Waals surface area (Å²) < 4.78 is 34.5. The van der Waals surface area contributed by atoms with Crippen LogP contribution in [0.5, 0.6) is 11.5 Å². The van der Waals surface area contributed by atoms with Gasteiger partial charge in [-0.05, 0) is 73.1 Å². The fraction of sp³-hybridized carbons (Fsp3) is 0.541. The van der Waals surface area contributed by atoms with E-state index in [1.165, 1.54) is 6.07 Å². The summed E-state index contributed by atoms with van der Waals surface area (Å²) in [7, 11) is 1.59. The Morgan fingerprint density at radius 2 is 1.89 bits per heavy atom. The number of hydrogen-bond acceptors (Lipinski definition) is 8. The lowest BCUT2D eigenvalue weighted by molar-refractivity contribution is -0.223. The number of allylic oxidation sites excluding steroid dienone is 1. The molecule has 2 aromatic rings. The summed E-state index contributed by atoms with van der Waals surface area (Å²) in [5.41, 5.74) is 3.55. The van der Waals surface area contributed by atoms with Gasteiger partial charge in [-0.2, -0.15) is 11.8 Å². The lowest BCUT2D eigenvalue weighted by atomic mass is 9.56. The Kier molecular flexibility index (Phi) is 12.2. The van der Waals surface area contributed by atoms with E-state index in [2.05, 4.69) is 30.8 Å². The van der Waals surface area contributed by atoms with Crippen molar-refractivity contribution in [2.45, 2.75) is 75.4 Å². The number of halogens is 1. The lowest BCUT2D eigenvalue weighted by Gasteiger charge is -2.58. The van der Waals surface area contributed by atoms with Gasteiger partial charge in [-0.3, -0.25) is 0 Å². The first kappa shape index (κ1) is 34.5. The maximum atomic E-state index is 14.4. The molecule has 0 unspecified atom stereocenters. The van der Waals surface area contributed by atoms with Crippen LogP contribution in [0.3, 0.4) is 0 Å². The summed E-state index contributed by atoms with van der Waals surface area (Å²) in [6, 6.07) is 12.6. The Balaban J connectivity index is 1.66. The molecular formula is C37H48FNO6S. The summed E-state index contributed by atoms with van der Waals surface area (Å²) in [5.74, 6) is 1.26. The van der Waals surface area contributed by atoms with Gasteiger partial charge in [0.25, 0.3) is 0 Å². The first-order valence-corrected chi connectivity index (χ1v) is 17.7. The quantitative estimate of drug-likeness (QED) is 0.104. The first-order chi connectivity index (χ1) is 22.5. The van der Waals surface area contributed by atoms with Gasteiger partial charge in [0.05, 0.1) is 23.5 Å². The number of benzene rings is 2. The highest BCUT2D eigenvalue weighted by molar-refractivity contribution is 8.00. The van der Waals surface area contributed by atoms with Crippen molar-refractivity contribution in [3.63, 3.8) is 0 Å². The lowest BCUT2D eigenvalue weighted by Crippen LogP contribution is -2.64. The fourth-order valence-electron chi connectivity index (χ4n) is 7.65. The van der Waals surface area contributed by atoms with Gasteiger partial charge in [0.2, 0.25) is 5.79 Å². The van der Waals surface area contributed by atoms with E-state index >= 15 is 0 Å². The molecule has 0 spiro atoms. The number of hydrogen-bond donors (Lipinski definition) is 2. The highest BCUT2D eigenvalue weighted by Gasteiger charge is 2.63. The molecule has 1 saturated carbocycles. The van der Waals surface area contributed by atoms with Crippen molar-refractivity contribution < 1.29 is 33.7 Å². The third-order valence-electron chi connectivity index (χ3n) is 9.54. The molecule has 3 aliphatic rings. The average molecular weight is 654 g/mol. The fourth-order valence-corrected chi connectivity index (χ4v) is 8.83. The summed E-state index contributed by atoms with van der Waals surface area (Å²) in [5, 5.41) is 23.9. The predicted octanol–water partition coefficient (Wildman–Crippen LogP) is 7.42. The van der Waals surface area contributed by atoms with Crippen LogP contribution in [0.15, 0.2) is 71.9 Å². The molecule has 1 aliphatic heterocycles. The molecule has 46 heavy (non-hydrogen) atoms.